The number of benzene rings is 2. The van der Waals surface area contributed by atoms with Gasteiger partial charge in [-0.1, -0.05) is 6.07 Å². The molecule has 186 valence electrons. The summed E-state index contributed by atoms with van der Waals surface area (Å²) in [5, 5.41) is 8.99. The number of hydrogen-bond acceptors (Lipinski definition) is 7. The summed E-state index contributed by atoms with van der Waals surface area (Å²) >= 11 is 0. The van der Waals surface area contributed by atoms with E-state index < -0.39 is 50.3 Å². The van der Waals surface area contributed by atoms with Gasteiger partial charge in [-0.15, -0.1) is 10.2 Å². The topological polar surface area (TPSA) is 114 Å². The highest BCUT2D eigenvalue weighted by Gasteiger charge is 2.38. The Morgan fingerprint density at radius 2 is 1.83 bits per heavy atom. The zero-order valence-corrected chi connectivity index (χ0v) is 19.5. The van der Waals surface area contributed by atoms with Gasteiger partial charge >= 0.3 is 6.18 Å². The number of carbonyl (C=O) groups is 1. The van der Waals surface area contributed by atoms with Crippen molar-refractivity contribution in [1.29, 1.82) is 4.78 Å². The molecule has 3 aromatic rings. The molecule has 3 rings (SSSR count). The molecule has 0 saturated heterocycles. The Morgan fingerprint density at radius 1 is 1.14 bits per heavy atom. The van der Waals surface area contributed by atoms with Gasteiger partial charge in [0.25, 0.3) is 11.8 Å². The molecule has 0 fully saturated rings. The molecule has 0 radical (unpaired) electrons. The predicted molar refractivity (Wildman–Crippen MR) is 119 cm³/mol. The number of nitrogens with one attached hydrogen (secondary N) is 2. The van der Waals surface area contributed by atoms with Gasteiger partial charge in [0.05, 0.1) is 16.3 Å². The quantitative estimate of drug-likeness (QED) is 0.409. The van der Waals surface area contributed by atoms with Crippen molar-refractivity contribution in [2.45, 2.75) is 24.9 Å². The lowest BCUT2D eigenvalue weighted by Crippen LogP contribution is -2.21. The van der Waals surface area contributed by atoms with Crippen molar-refractivity contribution in [3.05, 3.63) is 65.1 Å². The molecule has 1 unspecified atom stereocenters. The first-order chi connectivity index (χ1) is 16.3. The van der Waals surface area contributed by atoms with Crippen molar-refractivity contribution >= 4 is 21.3 Å². The Hall–Kier alpha value is -3.74. The molecule has 2 aromatic carbocycles. The maximum Gasteiger partial charge on any atom is 0.435 e. The third kappa shape index (κ3) is 6.23. The molecular formula is C22H20F4N4O4S. The van der Waals surface area contributed by atoms with E-state index in [-0.39, 0.29) is 28.7 Å². The summed E-state index contributed by atoms with van der Waals surface area (Å²) in [6.45, 7) is 2.91. The van der Waals surface area contributed by atoms with Crippen LogP contribution < -0.4 is 14.8 Å². The third-order valence-corrected chi connectivity index (χ3v) is 5.75. The highest BCUT2D eigenvalue weighted by molar-refractivity contribution is 7.91. The van der Waals surface area contributed by atoms with Crippen LogP contribution in [0, 0.1) is 17.5 Å². The standard InChI is InChI=1S/C22H20F4N4O4S/c1-4-33-15-8-13(23)9-16(11-15)34-21-18(12(2)19(29-30-21)22(24,25)26)20(31)28-14-6-5-7-17(10-14)35(3,27)32/h5-11,27H,4H2,1-3H3,(H,28,31). The summed E-state index contributed by atoms with van der Waals surface area (Å²) in [7, 11) is -3.12. The SMILES string of the molecule is CCOc1cc(F)cc(Oc2nnc(C(F)(F)F)c(C)c2C(=O)Nc2cccc(S(C)(=N)=O)c2)c1. The number of anilines is 1. The van der Waals surface area contributed by atoms with Gasteiger partial charge in [-0.05, 0) is 37.6 Å². The summed E-state index contributed by atoms with van der Waals surface area (Å²) in [6.07, 6.45) is -3.73. The van der Waals surface area contributed by atoms with E-state index in [1.54, 1.807) is 6.92 Å². The fourth-order valence-corrected chi connectivity index (χ4v) is 3.76. The second-order valence-corrected chi connectivity index (χ2v) is 9.49. The molecule has 1 amide bonds. The zero-order chi connectivity index (χ0) is 26.0. The van der Waals surface area contributed by atoms with Crippen molar-refractivity contribution in [2.75, 3.05) is 18.2 Å². The van der Waals surface area contributed by atoms with Crippen molar-refractivity contribution in [1.82, 2.24) is 10.2 Å². The van der Waals surface area contributed by atoms with E-state index in [0.29, 0.717) is 0 Å². The van der Waals surface area contributed by atoms with E-state index in [1.807, 2.05) is 0 Å². The molecule has 0 aliphatic heterocycles. The minimum absolute atomic E-state index is 0.0782. The zero-order valence-electron chi connectivity index (χ0n) is 18.7. The molecule has 2 N–H and O–H groups in total. The first kappa shape index (κ1) is 25.9. The Kier molecular flexibility index (Phi) is 7.29. The van der Waals surface area contributed by atoms with Crippen molar-refractivity contribution < 1.29 is 36.0 Å². The second kappa shape index (κ2) is 9.86. The first-order valence-electron chi connectivity index (χ1n) is 10.0. The van der Waals surface area contributed by atoms with Gasteiger partial charge in [-0.3, -0.25) is 4.79 Å². The van der Waals surface area contributed by atoms with Crippen LogP contribution in [0.5, 0.6) is 17.4 Å². The van der Waals surface area contributed by atoms with Crippen LogP contribution in [0.25, 0.3) is 0 Å². The number of halogens is 4. The van der Waals surface area contributed by atoms with Crippen LogP contribution >= 0.6 is 0 Å². The summed E-state index contributed by atoms with van der Waals surface area (Å²) in [5.41, 5.74) is -2.49. The molecule has 1 aromatic heterocycles. The normalized spacial score (nSPS) is 13.1. The maximum absolute atomic E-state index is 14.0. The fourth-order valence-electron chi connectivity index (χ4n) is 3.07. The van der Waals surface area contributed by atoms with Crippen LogP contribution in [-0.4, -0.2) is 33.2 Å². The van der Waals surface area contributed by atoms with Crippen LogP contribution in [-0.2, 0) is 15.9 Å². The molecule has 13 heteroatoms. The summed E-state index contributed by atoms with van der Waals surface area (Å²) < 4.78 is 84.7. The molecule has 1 heterocycles. The van der Waals surface area contributed by atoms with Gasteiger partial charge in [-0.2, -0.15) is 13.2 Å². The number of amides is 1. The maximum atomic E-state index is 14.0. The fraction of sp³-hybridized carbons (Fsp3) is 0.227. The highest BCUT2D eigenvalue weighted by Crippen LogP contribution is 2.35. The molecule has 1 atom stereocenters. The molecular weight excluding hydrogens is 492 g/mol. The average molecular weight is 512 g/mol. The predicted octanol–water partition coefficient (Wildman–Crippen LogP) is 5.42. The van der Waals surface area contributed by atoms with E-state index in [1.165, 1.54) is 36.6 Å². The first-order valence-corrected chi connectivity index (χ1v) is 12.0. The number of ether oxygens (including phenoxy) is 2. The summed E-state index contributed by atoms with van der Waals surface area (Å²) in [4.78, 5) is 13.2. The largest absolute Gasteiger partial charge is 0.494 e. The lowest BCUT2D eigenvalue weighted by Gasteiger charge is -2.16. The summed E-state index contributed by atoms with van der Waals surface area (Å²) in [5.74, 6) is -2.47. The smallest absolute Gasteiger partial charge is 0.435 e. The molecule has 35 heavy (non-hydrogen) atoms. The second-order valence-electron chi connectivity index (χ2n) is 7.33. The molecule has 0 aliphatic carbocycles. The summed E-state index contributed by atoms with van der Waals surface area (Å²) in [6, 6.07) is 8.82. The number of nitrogens with zero attached hydrogens (tertiary/aromatic N) is 2. The van der Waals surface area contributed by atoms with Gasteiger partial charge in [0, 0.05) is 35.0 Å². The third-order valence-electron chi connectivity index (χ3n) is 4.59. The van der Waals surface area contributed by atoms with Gasteiger partial charge < -0.3 is 14.8 Å². The van der Waals surface area contributed by atoms with Crippen LogP contribution in [0.15, 0.2) is 47.4 Å². The Bertz CT molecular complexity index is 1380. The number of alkyl halides is 3. The Morgan fingerprint density at radius 3 is 2.46 bits per heavy atom. The van der Waals surface area contributed by atoms with E-state index in [2.05, 4.69) is 15.5 Å². The number of aromatic nitrogens is 2. The van der Waals surface area contributed by atoms with Crippen LogP contribution in [0.4, 0.5) is 23.2 Å². The molecule has 0 bridgehead atoms. The van der Waals surface area contributed by atoms with Crippen molar-refractivity contribution in [3.8, 4) is 17.4 Å². The average Bonchev–Trinajstić information content (AvgIpc) is 2.72. The highest BCUT2D eigenvalue weighted by atomic mass is 32.2. The van der Waals surface area contributed by atoms with E-state index in [9.17, 15) is 26.6 Å². The molecule has 0 aliphatic rings. The number of rotatable bonds is 7. The lowest BCUT2D eigenvalue weighted by atomic mass is 10.1. The van der Waals surface area contributed by atoms with Gasteiger partial charge in [0.2, 0.25) is 0 Å². The minimum atomic E-state index is -4.91. The van der Waals surface area contributed by atoms with E-state index in [4.69, 9.17) is 14.3 Å². The van der Waals surface area contributed by atoms with E-state index in [0.717, 1.165) is 19.1 Å². The lowest BCUT2D eigenvalue weighted by molar-refractivity contribution is -0.142. The number of hydrogen-bond donors (Lipinski definition) is 2. The molecule has 0 saturated carbocycles. The van der Waals surface area contributed by atoms with E-state index >= 15 is 0 Å². The van der Waals surface area contributed by atoms with Crippen LogP contribution in [0.2, 0.25) is 0 Å². The van der Waals surface area contributed by atoms with Gasteiger partial charge in [0.15, 0.2) is 5.69 Å². The Labute approximate surface area is 198 Å². The molecule has 8 nitrogen and oxygen atoms in total. The van der Waals surface area contributed by atoms with Crippen molar-refractivity contribution in [2.24, 2.45) is 0 Å². The van der Waals surface area contributed by atoms with Crippen LogP contribution in [0.3, 0.4) is 0 Å². The monoisotopic (exact) mass is 512 g/mol. The Balaban J connectivity index is 2.07. The van der Waals surface area contributed by atoms with Gasteiger partial charge in [-0.25, -0.2) is 13.4 Å². The van der Waals surface area contributed by atoms with Crippen LogP contribution in [0.1, 0.15) is 28.5 Å². The number of carbonyl (C=O) groups excluding carboxylic acids is 1. The van der Waals surface area contributed by atoms with Gasteiger partial charge in [0.1, 0.15) is 22.9 Å². The van der Waals surface area contributed by atoms with Crippen molar-refractivity contribution in [3.63, 3.8) is 0 Å². The minimum Gasteiger partial charge on any atom is -0.494 e. The molecule has 0 spiro atoms.